The monoisotopic (exact) mass is 658 g/mol. The van der Waals surface area contributed by atoms with Crippen LogP contribution < -0.4 is 15.4 Å². The van der Waals surface area contributed by atoms with Crippen molar-refractivity contribution in [2.75, 3.05) is 30.6 Å². The van der Waals surface area contributed by atoms with Gasteiger partial charge in [-0.1, -0.05) is 45.0 Å². The molecule has 0 aliphatic carbocycles. The van der Waals surface area contributed by atoms with Gasteiger partial charge in [0.2, 0.25) is 10.0 Å². The largest absolute Gasteiger partial charge is 0.390 e. The van der Waals surface area contributed by atoms with E-state index in [-0.39, 0.29) is 41.3 Å². The van der Waals surface area contributed by atoms with Gasteiger partial charge in [-0.3, -0.25) is 14.3 Å². The summed E-state index contributed by atoms with van der Waals surface area (Å²) in [7, 11) is -3.75. The number of anilines is 1. The first kappa shape index (κ1) is 36.6. The van der Waals surface area contributed by atoms with Crippen LogP contribution in [0, 0.1) is 11.6 Å². The molecule has 3 aromatic rings. The van der Waals surface area contributed by atoms with Gasteiger partial charge in [0, 0.05) is 43.4 Å². The lowest BCUT2D eigenvalue weighted by Gasteiger charge is -2.26. The van der Waals surface area contributed by atoms with E-state index in [0.717, 1.165) is 42.0 Å². The molecule has 0 aliphatic heterocycles. The number of halogens is 2. The molecule has 46 heavy (non-hydrogen) atoms. The molecule has 9 nitrogen and oxygen atoms in total. The van der Waals surface area contributed by atoms with E-state index in [9.17, 15) is 31.9 Å². The minimum atomic E-state index is -3.75. The third kappa shape index (κ3) is 11.5. The van der Waals surface area contributed by atoms with E-state index in [1.807, 2.05) is 38.1 Å². The second-order valence-electron chi connectivity index (χ2n) is 11.4. The zero-order chi connectivity index (χ0) is 33.9. The highest BCUT2D eigenvalue weighted by Crippen LogP contribution is 2.20. The number of nitrogens with zero attached hydrogens (tertiary/aromatic N) is 1. The fourth-order valence-corrected chi connectivity index (χ4v) is 5.72. The van der Waals surface area contributed by atoms with Crippen LogP contribution in [-0.4, -0.2) is 68.3 Å². The fourth-order valence-electron chi connectivity index (χ4n) is 5.18. The van der Waals surface area contributed by atoms with E-state index in [4.69, 9.17) is 0 Å². The van der Waals surface area contributed by atoms with Gasteiger partial charge >= 0.3 is 0 Å². The first-order valence-corrected chi connectivity index (χ1v) is 17.4. The smallest absolute Gasteiger partial charge is 0.253 e. The van der Waals surface area contributed by atoms with E-state index >= 15 is 0 Å². The van der Waals surface area contributed by atoms with Gasteiger partial charge < -0.3 is 20.6 Å². The zero-order valence-corrected chi connectivity index (χ0v) is 27.6. The maximum atomic E-state index is 14.0. The van der Waals surface area contributed by atoms with E-state index in [2.05, 4.69) is 22.3 Å². The van der Waals surface area contributed by atoms with E-state index in [1.165, 1.54) is 18.2 Å². The molecular formula is C34H44F2N4O5S. The summed E-state index contributed by atoms with van der Waals surface area (Å²) in [5, 5.41) is 17.1. The normalized spacial score (nSPS) is 12.8. The Balaban J connectivity index is 1.91. The zero-order valence-electron chi connectivity index (χ0n) is 26.8. The van der Waals surface area contributed by atoms with Crippen molar-refractivity contribution in [1.82, 2.24) is 15.5 Å². The maximum absolute atomic E-state index is 14.0. The minimum absolute atomic E-state index is 0.0201. The molecule has 0 aliphatic rings. The molecule has 2 atom stereocenters. The molecule has 250 valence electrons. The Hall–Kier alpha value is -3.87. The van der Waals surface area contributed by atoms with E-state index in [0.29, 0.717) is 32.5 Å². The highest BCUT2D eigenvalue weighted by Gasteiger charge is 2.25. The third-order valence-electron chi connectivity index (χ3n) is 7.26. The summed E-state index contributed by atoms with van der Waals surface area (Å²) in [6.07, 6.45) is 1.95. The Labute approximate surface area is 270 Å². The standard InChI is InChI=1S/C34H44F2N4O5S/c1-5-11-40(12-6-2)34(43)27-17-26(18-30(19-27)39-46(4,44)45)33(42)38-31(16-25-14-28(35)20-29(36)15-25)32(41)22-37-21-24-10-8-9-23(7-3)13-24/h8-10,13-15,17-20,31-32,37,39,41H,5-7,11-12,16,21-22H2,1-4H3,(H,38,42)/t31-,32+/m0/s1. The molecule has 0 unspecified atom stereocenters. The van der Waals surface area contributed by atoms with Crippen LogP contribution in [0.15, 0.2) is 60.7 Å². The Morgan fingerprint density at radius 1 is 0.870 bits per heavy atom. The highest BCUT2D eigenvalue weighted by molar-refractivity contribution is 7.92. The summed E-state index contributed by atoms with van der Waals surface area (Å²) in [5.41, 5.74) is 2.49. The molecule has 0 saturated carbocycles. The van der Waals surface area contributed by atoms with Gasteiger partial charge in [0.05, 0.1) is 24.1 Å². The number of aliphatic hydroxyl groups is 1. The summed E-state index contributed by atoms with van der Waals surface area (Å²) in [6, 6.07) is 14.0. The average molecular weight is 659 g/mol. The predicted octanol–water partition coefficient (Wildman–Crippen LogP) is 4.65. The number of amides is 2. The number of nitrogens with one attached hydrogen (secondary N) is 3. The molecule has 0 spiro atoms. The molecule has 0 saturated heterocycles. The van der Waals surface area contributed by atoms with Crippen LogP contribution in [0.4, 0.5) is 14.5 Å². The Morgan fingerprint density at radius 3 is 2.11 bits per heavy atom. The van der Waals surface area contributed by atoms with Gasteiger partial charge in [-0.15, -0.1) is 0 Å². The van der Waals surface area contributed by atoms with E-state index in [1.54, 1.807) is 4.90 Å². The highest BCUT2D eigenvalue weighted by atomic mass is 32.2. The fraction of sp³-hybridized carbons (Fsp3) is 0.412. The molecule has 12 heteroatoms. The molecule has 2 amide bonds. The van der Waals surface area contributed by atoms with Gasteiger partial charge in [0.15, 0.2) is 0 Å². The van der Waals surface area contributed by atoms with Crippen LogP contribution in [-0.2, 0) is 29.4 Å². The average Bonchev–Trinajstić information content (AvgIpc) is 2.98. The van der Waals surface area contributed by atoms with Crippen LogP contribution >= 0.6 is 0 Å². The topological polar surface area (TPSA) is 128 Å². The van der Waals surface area contributed by atoms with Crippen molar-refractivity contribution < 1.29 is 31.9 Å². The quantitative estimate of drug-likeness (QED) is 0.167. The van der Waals surface area contributed by atoms with Crippen LogP contribution in [0.3, 0.4) is 0 Å². The predicted molar refractivity (Wildman–Crippen MR) is 176 cm³/mol. The lowest BCUT2D eigenvalue weighted by atomic mass is 9.99. The van der Waals surface area contributed by atoms with Crippen LogP contribution in [0.2, 0.25) is 0 Å². The number of carbonyl (C=O) groups is 2. The molecule has 0 aromatic heterocycles. The minimum Gasteiger partial charge on any atom is -0.390 e. The van der Waals surface area contributed by atoms with Crippen molar-refractivity contribution in [1.29, 1.82) is 0 Å². The van der Waals surface area contributed by atoms with Crippen LogP contribution in [0.5, 0.6) is 0 Å². The van der Waals surface area contributed by atoms with Gasteiger partial charge in [-0.2, -0.15) is 0 Å². The Morgan fingerprint density at radius 2 is 1.50 bits per heavy atom. The van der Waals surface area contributed by atoms with E-state index < -0.39 is 39.7 Å². The number of hydrogen-bond acceptors (Lipinski definition) is 6. The van der Waals surface area contributed by atoms with Gasteiger partial charge in [0.25, 0.3) is 11.8 Å². The Kier molecular flexibility index (Phi) is 13.7. The van der Waals surface area contributed by atoms with Gasteiger partial charge in [-0.25, -0.2) is 17.2 Å². The van der Waals surface area contributed by atoms with Crippen LogP contribution in [0.25, 0.3) is 0 Å². The summed E-state index contributed by atoms with van der Waals surface area (Å²) < 4.78 is 54.5. The maximum Gasteiger partial charge on any atom is 0.253 e. The van der Waals surface area contributed by atoms with Crippen molar-refractivity contribution in [3.63, 3.8) is 0 Å². The first-order chi connectivity index (χ1) is 21.8. The van der Waals surface area contributed by atoms with Crippen molar-refractivity contribution >= 4 is 27.5 Å². The number of rotatable bonds is 17. The summed E-state index contributed by atoms with van der Waals surface area (Å²) in [5.74, 6) is -2.66. The second kappa shape index (κ2) is 17.2. The molecule has 0 radical (unpaired) electrons. The SMILES string of the molecule is CCCN(CCC)C(=O)c1cc(NS(C)(=O)=O)cc(C(=O)N[C@@H](Cc2cc(F)cc(F)c2)[C@H](O)CNCc2cccc(CC)c2)c1. The number of aryl methyl sites for hydroxylation is 1. The van der Waals surface area contributed by atoms with Crippen molar-refractivity contribution in [2.24, 2.45) is 0 Å². The molecule has 0 heterocycles. The van der Waals surface area contributed by atoms with Crippen molar-refractivity contribution in [3.8, 4) is 0 Å². The second-order valence-corrected chi connectivity index (χ2v) is 13.1. The number of benzene rings is 3. The lowest BCUT2D eigenvalue weighted by Crippen LogP contribution is -2.48. The Bertz CT molecular complexity index is 1580. The van der Waals surface area contributed by atoms with Crippen molar-refractivity contribution in [2.45, 2.75) is 65.1 Å². The number of sulfonamides is 1. The summed E-state index contributed by atoms with van der Waals surface area (Å²) >= 11 is 0. The van der Waals surface area contributed by atoms with Crippen LogP contribution in [0.1, 0.15) is 71.0 Å². The summed E-state index contributed by atoms with van der Waals surface area (Å²) in [4.78, 5) is 28.7. The number of aliphatic hydroxyl groups excluding tert-OH is 1. The number of carbonyl (C=O) groups excluding carboxylic acids is 2. The third-order valence-corrected chi connectivity index (χ3v) is 7.87. The van der Waals surface area contributed by atoms with Crippen molar-refractivity contribution in [3.05, 3.63) is 100 Å². The van der Waals surface area contributed by atoms with Gasteiger partial charge in [0.1, 0.15) is 11.6 Å². The van der Waals surface area contributed by atoms with Gasteiger partial charge in [-0.05, 0) is 72.7 Å². The molecule has 4 N–H and O–H groups in total. The molecule has 0 bridgehead atoms. The molecule has 3 aromatic carbocycles. The molecule has 3 rings (SSSR count). The number of hydrogen-bond donors (Lipinski definition) is 4. The summed E-state index contributed by atoms with van der Waals surface area (Å²) in [6.45, 7) is 7.36. The first-order valence-electron chi connectivity index (χ1n) is 15.5. The molecular weight excluding hydrogens is 614 g/mol. The molecule has 0 fully saturated rings. The lowest BCUT2D eigenvalue weighted by molar-refractivity contribution is 0.0755.